The number of carboxylic acid groups (broad SMARTS) is 1. The highest BCUT2D eigenvalue weighted by Crippen LogP contribution is 2.44. The summed E-state index contributed by atoms with van der Waals surface area (Å²) in [5, 5.41) is 11.4. The first-order valence-electron chi connectivity index (χ1n) is 10.2. The van der Waals surface area contributed by atoms with Crippen LogP contribution in [0.4, 0.5) is 5.69 Å². The van der Waals surface area contributed by atoms with Gasteiger partial charge in [-0.3, -0.25) is 10.1 Å². The van der Waals surface area contributed by atoms with Crippen LogP contribution in [0.5, 0.6) is 0 Å². The van der Waals surface area contributed by atoms with Crippen molar-refractivity contribution < 1.29 is 18.3 Å². The Balaban J connectivity index is 1.98. The summed E-state index contributed by atoms with van der Waals surface area (Å²) in [6, 6.07) is 12.9. The predicted octanol–water partition coefficient (Wildman–Crippen LogP) is 4.79. The van der Waals surface area contributed by atoms with Crippen LogP contribution in [0.2, 0.25) is 0 Å². The van der Waals surface area contributed by atoms with E-state index in [1.54, 1.807) is 80.0 Å². The first kappa shape index (κ1) is 24.0. The number of aliphatic carboxylic acids is 1. The third-order valence-corrected chi connectivity index (χ3v) is 9.35. The monoisotopic (exact) mass is 480 g/mol. The number of thioether (sulfide) groups is 1. The summed E-state index contributed by atoms with van der Waals surface area (Å²) in [5.41, 5.74) is 1.54. The van der Waals surface area contributed by atoms with E-state index < -0.39 is 27.2 Å². The van der Waals surface area contributed by atoms with Crippen LogP contribution in [0, 0.1) is 5.92 Å². The van der Waals surface area contributed by atoms with Gasteiger partial charge in [0.1, 0.15) is 11.4 Å². The SMILES string of the molecule is CCCSN1CSc2cc(S(=O)(=O)C(N[C@@H](C(=O)O)C(C)C)c3ccccc3)ccc21. The Hall–Kier alpha value is -1.68. The maximum Gasteiger partial charge on any atom is 0.321 e. The second-order valence-corrected chi connectivity index (χ2v) is 11.8. The van der Waals surface area contributed by atoms with Gasteiger partial charge in [0.25, 0.3) is 0 Å². The predicted molar refractivity (Wildman–Crippen MR) is 128 cm³/mol. The number of fused-ring (bicyclic) bond motifs is 1. The zero-order valence-corrected chi connectivity index (χ0v) is 20.3. The molecule has 1 aliphatic heterocycles. The summed E-state index contributed by atoms with van der Waals surface area (Å²) in [6.45, 7) is 5.65. The van der Waals surface area contributed by atoms with Gasteiger partial charge in [0, 0.05) is 10.6 Å². The minimum absolute atomic E-state index is 0.190. The summed E-state index contributed by atoms with van der Waals surface area (Å²) in [5.74, 6) is 0.433. The molecule has 2 aromatic carbocycles. The molecule has 0 saturated carbocycles. The molecule has 0 spiro atoms. The third-order valence-electron chi connectivity index (χ3n) is 4.99. The highest BCUT2D eigenvalue weighted by molar-refractivity contribution is 8.04. The van der Waals surface area contributed by atoms with Crippen LogP contribution in [0.1, 0.15) is 38.1 Å². The van der Waals surface area contributed by atoms with Crippen molar-refractivity contribution in [3.05, 3.63) is 54.1 Å². The van der Waals surface area contributed by atoms with Crippen LogP contribution in [0.3, 0.4) is 0 Å². The molecular formula is C22H28N2O4S3. The number of rotatable bonds is 10. The van der Waals surface area contributed by atoms with E-state index in [1.165, 1.54) is 0 Å². The van der Waals surface area contributed by atoms with E-state index in [0.717, 1.165) is 28.6 Å². The van der Waals surface area contributed by atoms with E-state index in [0.29, 0.717) is 5.56 Å². The second kappa shape index (κ2) is 10.3. The van der Waals surface area contributed by atoms with Gasteiger partial charge in [0.05, 0.1) is 16.5 Å². The molecule has 0 aromatic heterocycles. The van der Waals surface area contributed by atoms with Gasteiger partial charge in [-0.1, -0.05) is 51.1 Å². The van der Waals surface area contributed by atoms with E-state index in [9.17, 15) is 18.3 Å². The fourth-order valence-corrected chi connectivity index (χ4v) is 7.21. The fourth-order valence-electron chi connectivity index (χ4n) is 3.34. The molecule has 0 amide bonds. The molecule has 2 N–H and O–H groups in total. The molecule has 0 bridgehead atoms. The largest absolute Gasteiger partial charge is 0.480 e. The highest BCUT2D eigenvalue weighted by Gasteiger charge is 2.35. The van der Waals surface area contributed by atoms with Gasteiger partial charge in [-0.2, -0.15) is 0 Å². The normalized spacial score (nSPS) is 15.7. The molecule has 2 atom stereocenters. The number of carbonyl (C=O) groups is 1. The lowest BCUT2D eigenvalue weighted by Gasteiger charge is -2.26. The molecular weight excluding hydrogens is 452 g/mol. The van der Waals surface area contributed by atoms with E-state index in [2.05, 4.69) is 16.5 Å². The molecule has 6 nitrogen and oxygen atoms in total. The van der Waals surface area contributed by atoms with Crippen LogP contribution in [0.25, 0.3) is 0 Å². The number of hydrogen-bond acceptors (Lipinski definition) is 7. The van der Waals surface area contributed by atoms with Gasteiger partial charge < -0.3 is 9.41 Å². The van der Waals surface area contributed by atoms with E-state index in [-0.39, 0.29) is 10.8 Å². The second-order valence-electron chi connectivity index (χ2n) is 7.68. The zero-order chi connectivity index (χ0) is 22.6. The Morgan fingerprint density at radius 1 is 1.23 bits per heavy atom. The average Bonchev–Trinajstić information content (AvgIpc) is 3.14. The first-order valence-corrected chi connectivity index (χ1v) is 13.7. The van der Waals surface area contributed by atoms with E-state index in [1.807, 2.05) is 6.07 Å². The van der Waals surface area contributed by atoms with Crippen molar-refractivity contribution >= 4 is 45.2 Å². The average molecular weight is 481 g/mol. The van der Waals surface area contributed by atoms with Crippen molar-refractivity contribution in [3.63, 3.8) is 0 Å². The molecule has 1 aliphatic rings. The van der Waals surface area contributed by atoms with Crippen molar-refractivity contribution in [2.75, 3.05) is 15.9 Å². The molecule has 0 saturated heterocycles. The van der Waals surface area contributed by atoms with Gasteiger partial charge in [-0.05, 0) is 48.0 Å². The maximum absolute atomic E-state index is 13.7. The van der Waals surface area contributed by atoms with Gasteiger partial charge in [0.15, 0.2) is 9.84 Å². The Morgan fingerprint density at radius 3 is 2.55 bits per heavy atom. The van der Waals surface area contributed by atoms with Crippen LogP contribution >= 0.6 is 23.7 Å². The van der Waals surface area contributed by atoms with Crippen molar-refractivity contribution in [1.82, 2.24) is 5.32 Å². The number of carboxylic acids is 1. The van der Waals surface area contributed by atoms with Gasteiger partial charge >= 0.3 is 5.97 Å². The summed E-state index contributed by atoms with van der Waals surface area (Å²) in [7, 11) is -3.89. The zero-order valence-electron chi connectivity index (χ0n) is 17.8. The number of benzene rings is 2. The summed E-state index contributed by atoms with van der Waals surface area (Å²) in [6.07, 6.45) is 1.07. The molecule has 168 valence electrons. The number of hydrogen-bond donors (Lipinski definition) is 2. The smallest absolute Gasteiger partial charge is 0.321 e. The molecule has 1 unspecified atom stereocenters. The maximum atomic E-state index is 13.7. The Bertz CT molecular complexity index is 1010. The number of nitrogens with one attached hydrogen (secondary N) is 1. The van der Waals surface area contributed by atoms with Crippen molar-refractivity contribution in [1.29, 1.82) is 0 Å². The highest BCUT2D eigenvalue weighted by atomic mass is 32.2. The standard InChI is InChI=1S/C22H28N2O4S3/c1-4-12-30-24-14-29-19-13-17(10-11-18(19)24)31(27,28)21(16-8-6-5-7-9-16)23-20(15(2)3)22(25)26/h5-11,13,15,20-21,23H,4,12,14H2,1-3H3,(H,25,26)/t20-,21?/m1/s1. The lowest BCUT2D eigenvalue weighted by molar-refractivity contribution is -0.140. The molecule has 31 heavy (non-hydrogen) atoms. The molecule has 9 heteroatoms. The van der Waals surface area contributed by atoms with Gasteiger partial charge in [0.2, 0.25) is 0 Å². The van der Waals surface area contributed by atoms with Crippen LogP contribution in [0.15, 0.2) is 58.3 Å². The molecule has 0 fully saturated rings. The quantitative estimate of drug-likeness (QED) is 0.470. The van der Waals surface area contributed by atoms with Crippen molar-refractivity contribution in [2.45, 2.75) is 48.4 Å². The molecule has 1 heterocycles. The van der Waals surface area contributed by atoms with Crippen LogP contribution in [-0.4, -0.2) is 37.2 Å². The fraction of sp³-hybridized carbons (Fsp3) is 0.409. The van der Waals surface area contributed by atoms with Crippen molar-refractivity contribution in [3.8, 4) is 0 Å². The van der Waals surface area contributed by atoms with E-state index in [4.69, 9.17) is 0 Å². The Labute approximate surface area is 192 Å². The first-order chi connectivity index (χ1) is 14.8. The molecule has 0 radical (unpaired) electrons. The summed E-state index contributed by atoms with van der Waals surface area (Å²) in [4.78, 5) is 12.9. The Morgan fingerprint density at radius 2 is 1.94 bits per heavy atom. The minimum atomic E-state index is -3.89. The third kappa shape index (κ3) is 5.39. The summed E-state index contributed by atoms with van der Waals surface area (Å²) < 4.78 is 29.6. The molecule has 0 aliphatic carbocycles. The van der Waals surface area contributed by atoms with Crippen LogP contribution in [-0.2, 0) is 14.6 Å². The number of sulfone groups is 1. The van der Waals surface area contributed by atoms with Crippen LogP contribution < -0.4 is 9.62 Å². The topological polar surface area (TPSA) is 86.7 Å². The lowest BCUT2D eigenvalue weighted by atomic mass is 10.0. The van der Waals surface area contributed by atoms with Gasteiger partial charge in [-0.25, -0.2) is 8.42 Å². The Kier molecular flexibility index (Phi) is 7.96. The van der Waals surface area contributed by atoms with Gasteiger partial charge in [-0.15, -0.1) is 11.8 Å². The molecule has 2 aromatic rings. The lowest BCUT2D eigenvalue weighted by Crippen LogP contribution is -2.45. The number of anilines is 1. The van der Waals surface area contributed by atoms with E-state index >= 15 is 0 Å². The molecule has 3 rings (SSSR count). The number of nitrogens with zero attached hydrogens (tertiary/aromatic N) is 1. The minimum Gasteiger partial charge on any atom is -0.480 e. The summed E-state index contributed by atoms with van der Waals surface area (Å²) >= 11 is 3.36. The van der Waals surface area contributed by atoms with Crippen molar-refractivity contribution in [2.24, 2.45) is 5.92 Å².